The van der Waals surface area contributed by atoms with E-state index in [-0.39, 0.29) is 36.1 Å². The van der Waals surface area contributed by atoms with Crippen LogP contribution in [0.2, 0.25) is 0 Å². The third-order valence-corrected chi connectivity index (χ3v) is 3.58. The van der Waals surface area contributed by atoms with Crippen molar-refractivity contribution in [2.75, 3.05) is 6.61 Å². The molecular weight excluding hydrogens is 252 g/mol. The highest BCUT2D eigenvalue weighted by molar-refractivity contribution is 6.71. The Bertz CT molecular complexity index is 565. The van der Waals surface area contributed by atoms with E-state index >= 15 is 0 Å². The fourth-order valence-electron chi connectivity index (χ4n) is 2.47. The molecule has 0 spiro atoms. The van der Waals surface area contributed by atoms with Crippen LogP contribution in [0.25, 0.3) is 0 Å². The molecule has 3 aliphatic rings. The normalized spacial score (nSPS) is 37.0. The van der Waals surface area contributed by atoms with Gasteiger partial charge >= 0.3 is 5.91 Å². The minimum atomic E-state index is -1.57. The minimum absolute atomic E-state index is 0.101. The Balaban J connectivity index is 1.87. The van der Waals surface area contributed by atoms with Gasteiger partial charge in [0.05, 0.1) is 12.7 Å². The highest BCUT2D eigenvalue weighted by Gasteiger charge is 2.47. The van der Waals surface area contributed by atoms with Gasteiger partial charge < -0.3 is 15.3 Å². The number of fused-ring (bicyclic) bond motifs is 1. The molecule has 1 aliphatic carbocycles. The number of hydrogen-bond acceptors (Lipinski definition) is 7. The van der Waals surface area contributed by atoms with E-state index in [1.54, 1.807) is 0 Å². The molecule has 0 aromatic heterocycles. The van der Waals surface area contributed by atoms with Crippen molar-refractivity contribution in [1.82, 2.24) is 0 Å². The first-order valence-electron chi connectivity index (χ1n) is 5.87. The molecule has 8 nitrogen and oxygen atoms in total. The zero-order valence-electron chi connectivity index (χ0n) is 9.89. The molecule has 8 heteroatoms. The molecule has 100 valence electrons. The van der Waals surface area contributed by atoms with Gasteiger partial charge in [0.2, 0.25) is 0 Å². The second-order valence-corrected chi connectivity index (χ2v) is 4.85. The first-order valence-corrected chi connectivity index (χ1v) is 5.87. The Morgan fingerprint density at radius 1 is 1.42 bits per heavy atom. The monoisotopic (exact) mass is 264 g/mol. The third-order valence-electron chi connectivity index (χ3n) is 3.58. The summed E-state index contributed by atoms with van der Waals surface area (Å²) < 4.78 is 0. The summed E-state index contributed by atoms with van der Waals surface area (Å²) in [5, 5.41) is 28.9. The van der Waals surface area contributed by atoms with E-state index in [1.165, 1.54) is 6.34 Å². The van der Waals surface area contributed by atoms with E-state index in [4.69, 9.17) is 5.11 Å². The lowest BCUT2D eigenvalue weighted by atomic mass is 9.99. The smallest absolute Gasteiger partial charge is 0.301 e. The molecule has 0 bridgehead atoms. The van der Waals surface area contributed by atoms with Crippen molar-refractivity contribution in [3.63, 3.8) is 0 Å². The number of nitrogens with zero attached hydrogens (tertiary/aromatic N) is 4. The summed E-state index contributed by atoms with van der Waals surface area (Å²) in [4.78, 5) is 27.3. The number of aliphatic hydroxyl groups is 3. The number of carbonyl (C=O) groups is 1. The molecule has 1 amide bonds. The van der Waals surface area contributed by atoms with E-state index < -0.39 is 24.2 Å². The lowest BCUT2D eigenvalue weighted by molar-refractivity contribution is -0.111. The summed E-state index contributed by atoms with van der Waals surface area (Å²) in [5.74, 6) is -0.474. The number of carbonyl (C=O) groups excluding carboxylic acids is 1. The summed E-state index contributed by atoms with van der Waals surface area (Å²) >= 11 is 0. The van der Waals surface area contributed by atoms with E-state index in [2.05, 4.69) is 20.0 Å². The van der Waals surface area contributed by atoms with Crippen LogP contribution in [0.3, 0.4) is 0 Å². The maximum Gasteiger partial charge on any atom is 0.301 e. The predicted octanol–water partition coefficient (Wildman–Crippen LogP) is -1.70. The average molecular weight is 264 g/mol. The fourth-order valence-corrected chi connectivity index (χ4v) is 2.47. The summed E-state index contributed by atoms with van der Waals surface area (Å²) in [5.41, 5.74) is -1.45. The molecule has 3 unspecified atom stereocenters. The van der Waals surface area contributed by atoms with Crippen molar-refractivity contribution in [1.29, 1.82) is 0 Å². The molecule has 0 aromatic rings. The van der Waals surface area contributed by atoms with Crippen molar-refractivity contribution < 1.29 is 20.1 Å². The molecule has 0 saturated heterocycles. The number of aliphatic imine (C=N–C) groups is 4. The molecule has 19 heavy (non-hydrogen) atoms. The van der Waals surface area contributed by atoms with E-state index in [9.17, 15) is 15.0 Å². The number of rotatable bonds is 2. The van der Waals surface area contributed by atoms with Crippen LogP contribution in [0.4, 0.5) is 0 Å². The van der Waals surface area contributed by atoms with Crippen molar-refractivity contribution in [2.45, 2.75) is 24.5 Å². The summed E-state index contributed by atoms with van der Waals surface area (Å²) in [6.07, 6.45) is 0.459. The Morgan fingerprint density at radius 3 is 2.89 bits per heavy atom. The number of aliphatic hydroxyl groups excluding tert-OH is 2. The van der Waals surface area contributed by atoms with Crippen molar-refractivity contribution in [3.05, 3.63) is 0 Å². The maximum absolute atomic E-state index is 11.7. The lowest BCUT2D eigenvalue weighted by Crippen LogP contribution is -2.41. The SMILES string of the molecule is O=C1N=C(C2CC(O)C(O)(CO)C2)N=C2N=CN=C12. The average Bonchev–Trinajstić information content (AvgIpc) is 2.96. The second-order valence-electron chi connectivity index (χ2n) is 4.85. The van der Waals surface area contributed by atoms with Crippen LogP contribution in [-0.2, 0) is 4.79 Å². The highest BCUT2D eigenvalue weighted by atomic mass is 16.4. The largest absolute Gasteiger partial charge is 0.393 e. The van der Waals surface area contributed by atoms with E-state index in [0.29, 0.717) is 0 Å². The number of amidine groups is 2. The number of amides is 1. The molecule has 0 radical (unpaired) electrons. The van der Waals surface area contributed by atoms with Crippen molar-refractivity contribution in [3.8, 4) is 0 Å². The first kappa shape index (κ1) is 12.3. The molecule has 3 rings (SSSR count). The fraction of sp³-hybridized carbons (Fsp3) is 0.545. The molecule has 3 N–H and O–H groups in total. The van der Waals surface area contributed by atoms with Crippen LogP contribution in [0.1, 0.15) is 12.8 Å². The Morgan fingerprint density at radius 2 is 2.21 bits per heavy atom. The molecule has 3 atom stereocenters. The third kappa shape index (κ3) is 1.84. The van der Waals surface area contributed by atoms with Crippen molar-refractivity contribution >= 4 is 29.6 Å². The molecular formula is C11H12N4O4. The topological polar surface area (TPSA) is 127 Å². The van der Waals surface area contributed by atoms with Gasteiger partial charge in [0.1, 0.15) is 17.8 Å². The molecule has 0 aromatic carbocycles. The van der Waals surface area contributed by atoms with Crippen LogP contribution >= 0.6 is 0 Å². The quantitative estimate of drug-likeness (QED) is 0.549. The lowest BCUT2D eigenvalue weighted by Gasteiger charge is -2.23. The minimum Gasteiger partial charge on any atom is -0.393 e. The maximum atomic E-state index is 11.7. The summed E-state index contributed by atoms with van der Waals surface area (Å²) in [6.45, 7) is -0.548. The van der Waals surface area contributed by atoms with Gasteiger partial charge in [0.25, 0.3) is 0 Å². The van der Waals surface area contributed by atoms with Crippen LogP contribution in [-0.4, -0.2) is 63.3 Å². The van der Waals surface area contributed by atoms with Gasteiger partial charge in [0.15, 0.2) is 11.5 Å². The van der Waals surface area contributed by atoms with E-state index in [1.807, 2.05) is 0 Å². The Hall–Kier alpha value is -1.77. The Labute approximate surface area is 107 Å². The second kappa shape index (κ2) is 4.12. The van der Waals surface area contributed by atoms with Crippen molar-refractivity contribution in [2.24, 2.45) is 25.9 Å². The van der Waals surface area contributed by atoms with E-state index in [0.717, 1.165) is 0 Å². The highest BCUT2D eigenvalue weighted by Crippen LogP contribution is 2.36. The predicted molar refractivity (Wildman–Crippen MR) is 66.6 cm³/mol. The standard InChI is InChI=1S/C11H12N4O4/c16-3-11(19)2-5(1-6(11)17)8-14-9-7(10(18)15-8)12-4-13-9/h4-6,16-17,19H,1-3H2. The molecule has 2 aliphatic heterocycles. The zero-order valence-corrected chi connectivity index (χ0v) is 9.89. The van der Waals surface area contributed by atoms with Crippen LogP contribution in [0.15, 0.2) is 20.0 Å². The zero-order chi connectivity index (χ0) is 13.6. The number of hydrogen-bond donors (Lipinski definition) is 3. The van der Waals surface area contributed by atoms with Gasteiger partial charge in [-0.05, 0) is 12.8 Å². The van der Waals surface area contributed by atoms with Gasteiger partial charge in [0, 0.05) is 5.92 Å². The molecule has 1 saturated carbocycles. The van der Waals surface area contributed by atoms with Gasteiger partial charge in [-0.1, -0.05) is 0 Å². The Kier molecular flexibility index (Phi) is 2.66. The van der Waals surface area contributed by atoms with Gasteiger partial charge in [-0.3, -0.25) is 4.79 Å². The summed E-state index contributed by atoms with van der Waals surface area (Å²) in [6, 6.07) is 0. The van der Waals surface area contributed by atoms with Gasteiger partial charge in [-0.25, -0.2) is 15.0 Å². The molecule has 1 fully saturated rings. The molecule has 2 heterocycles. The van der Waals surface area contributed by atoms with Gasteiger partial charge in [-0.15, -0.1) is 0 Å². The van der Waals surface area contributed by atoms with Crippen LogP contribution in [0.5, 0.6) is 0 Å². The van der Waals surface area contributed by atoms with Crippen LogP contribution < -0.4 is 0 Å². The first-order chi connectivity index (χ1) is 9.03. The summed E-state index contributed by atoms with van der Waals surface area (Å²) in [7, 11) is 0. The van der Waals surface area contributed by atoms with Crippen LogP contribution in [0, 0.1) is 5.92 Å². The van der Waals surface area contributed by atoms with Gasteiger partial charge in [-0.2, -0.15) is 4.99 Å².